The smallest absolute Gasteiger partial charge is 0.416 e. The number of imidazole rings is 1. The lowest BCUT2D eigenvalue weighted by molar-refractivity contribution is -0.385. The number of hydrogen-bond donors (Lipinski definition) is 1. The quantitative estimate of drug-likeness (QED) is 0.168. The molecule has 1 heterocycles. The molecular weight excluding hydrogens is 501 g/mol. The van der Waals surface area contributed by atoms with Crippen molar-refractivity contribution in [1.82, 2.24) is 9.97 Å². The second kappa shape index (κ2) is 9.59. The molecule has 0 spiro atoms. The highest BCUT2D eigenvalue weighted by atomic mass is 35.5. The van der Waals surface area contributed by atoms with Crippen LogP contribution in [0.3, 0.4) is 0 Å². The molecule has 0 aliphatic carbocycles. The molecular formula is C24H14ClF3N4O4. The zero-order chi connectivity index (χ0) is 26.0. The van der Waals surface area contributed by atoms with Gasteiger partial charge in [-0.05, 0) is 48.0 Å². The lowest BCUT2D eigenvalue weighted by atomic mass is 10.1. The summed E-state index contributed by atoms with van der Waals surface area (Å²) in [6.07, 6.45) is -3.28. The minimum atomic E-state index is -4.77. The predicted molar refractivity (Wildman–Crippen MR) is 126 cm³/mol. The standard InChI is InChI=1S/C24H14ClF3N4O4/c1-35-21-10-13(8-14(12-29)23-30-17-4-2-3-5-18(17)31-23)9-16(25)22(21)36-20-7-6-15(24(26,27)28)11-19(20)32(33)34/h2-11H,1H3,(H,30,31)/b14-8+. The van der Waals surface area contributed by atoms with Gasteiger partial charge in [-0.15, -0.1) is 0 Å². The van der Waals surface area contributed by atoms with Gasteiger partial charge in [0.1, 0.15) is 11.9 Å². The Morgan fingerprint density at radius 3 is 2.58 bits per heavy atom. The van der Waals surface area contributed by atoms with Gasteiger partial charge >= 0.3 is 11.9 Å². The summed E-state index contributed by atoms with van der Waals surface area (Å²) in [5.41, 5.74) is -0.0740. The number of nitro benzene ring substituents is 1. The maximum atomic E-state index is 13.0. The molecule has 0 bridgehead atoms. The van der Waals surface area contributed by atoms with Gasteiger partial charge in [-0.3, -0.25) is 10.1 Å². The number of alkyl halides is 3. The number of nitro groups is 1. The third-order valence-electron chi connectivity index (χ3n) is 5.02. The van der Waals surface area contributed by atoms with Gasteiger partial charge in [0, 0.05) is 6.07 Å². The molecule has 4 rings (SSSR count). The van der Waals surface area contributed by atoms with Gasteiger partial charge in [0.15, 0.2) is 11.5 Å². The molecule has 3 aromatic carbocycles. The maximum absolute atomic E-state index is 13.0. The summed E-state index contributed by atoms with van der Waals surface area (Å²) in [6.45, 7) is 0. The van der Waals surface area contributed by atoms with E-state index >= 15 is 0 Å². The van der Waals surface area contributed by atoms with Crippen molar-refractivity contribution in [3.8, 4) is 23.3 Å². The number of nitrogens with one attached hydrogen (secondary N) is 1. The molecule has 0 radical (unpaired) electrons. The molecule has 1 N–H and O–H groups in total. The number of ether oxygens (including phenoxy) is 2. The van der Waals surface area contributed by atoms with Crippen molar-refractivity contribution in [3.05, 3.63) is 86.7 Å². The third kappa shape index (κ3) is 4.94. The molecule has 0 atom stereocenters. The number of H-pyrrole nitrogens is 1. The van der Waals surface area contributed by atoms with Crippen molar-refractivity contribution in [2.24, 2.45) is 0 Å². The van der Waals surface area contributed by atoms with E-state index in [1.165, 1.54) is 25.3 Å². The van der Waals surface area contributed by atoms with E-state index in [9.17, 15) is 28.5 Å². The summed E-state index contributed by atoms with van der Waals surface area (Å²) < 4.78 is 49.8. The molecule has 0 saturated carbocycles. The number of nitrogens with zero attached hydrogens (tertiary/aromatic N) is 3. The van der Waals surface area contributed by atoms with Crippen LogP contribution in [0.25, 0.3) is 22.7 Å². The molecule has 12 heteroatoms. The second-order valence-corrected chi connectivity index (χ2v) is 7.75. The highest BCUT2D eigenvalue weighted by Crippen LogP contribution is 2.44. The normalized spacial score (nSPS) is 11.8. The van der Waals surface area contributed by atoms with Gasteiger partial charge < -0.3 is 14.5 Å². The van der Waals surface area contributed by atoms with Crippen LogP contribution < -0.4 is 9.47 Å². The van der Waals surface area contributed by atoms with E-state index in [1.807, 2.05) is 18.2 Å². The average Bonchev–Trinajstić information content (AvgIpc) is 3.27. The molecule has 182 valence electrons. The van der Waals surface area contributed by atoms with Crippen LogP contribution in [-0.4, -0.2) is 22.0 Å². The van der Waals surface area contributed by atoms with Crippen LogP contribution in [0, 0.1) is 21.4 Å². The number of nitriles is 1. The van der Waals surface area contributed by atoms with E-state index in [4.69, 9.17) is 21.1 Å². The fraction of sp³-hybridized carbons (Fsp3) is 0.0833. The Morgan fingerprint density at radius 1 is 1.19 bits per heavy atom. The summed E-state index contributed by atoms with van der Waals surface area (Å²) in [5.74, 6) is -0.253. The molecule has 0 aliphatic heterocycles. The molecule has 0 aliphatic rings. The van der Waals surface area contributed by atoms with E-state index in [0.29, 0.717) is 29.0 Å². The Kier molecular flexibility index (Phi) is 6.55. The van der Waals surface area contributed by atoms with Gasteiger partial charge in [0.05, 0.1) is 39.2 Å². The number of aromatic amines is 1. The molecule has 0 fully saturated rings. The Labute approximate surface area is 206 Å². The highest BCUT2D eigenvalue weighted by Gasteiger charge is 2.33. The fourth-order valence-electron chi connectivity index (χ4n) is 3.36. The number of halogens is 4. The number of benzene rings is 3. The summed E-state index contributed by atoms with van der Waals surface area (Å²) in [5, 5.41) is 21.0. The molecule has 4 aromatic rings. The van der Waals surface area contributed by atoms with Crippen molar-refractivity contribution in [2.45, 2.75) is 6.18 Å². The summed E-state index contributed by atoms with van der Waals surface area (Å²) in [6, 6.07) is 14.0. The first kappa shape index (κ1) is 24.6. The number of aromatic nitrogens is 2. The Bertz CT molecular complexity index is 1520. The van der Waals surface area contributed by atoms with E-state index in [2.05, 4.69) is 16.0 Å². The van der Waals surface area contributed by atoms with E-state index in [0.717, 1.165) is 11.6 Å². The number of methoxy groups -OCH3 is 1. The Hall–Kier alpha value is -4.56. The van der Waals surface area contributed by atoms with Crippen LogP contribution in [0.5, 0.6) is 17.2 Å². The van der Waals surface area contributed by atoms with Crippen molar-refractivity contribution >= 4 is 40.0 Å². The topological polar surface area (TPSA) is 114 Å². The van der Waals surface area contributed by atoms with Gasteiger partial charge in [-0.2, -0.15) is 18.4 Å². The molecule has 36 heavy (non-hydrogen) atoms. The number of rotatable bonds is 6. The average molecular weight is 515 g/mol. The van der Waals surface area contributed by atoms with E-state index < -0.39 is 28.1 Å². The first-order valence-electron chi connectivity index (χ1n) is 10.1. The van der Waals surface area contributed by atoms with Crippen LogP contribution in [-0.2, 0) is 6.18 Å². The second-order valence-electron chi connectivity index (χ2n) is 7.35. The van der Waals surface area contributed by atoms with Gasteiger partial charge in [-0.25, -0.2) is 4.98 Å². The first-order valence-corrected chi connectivity index (χ1v) is 10.5. The van der Waals surface area contributed by atoms with Gasteiger partial charge in [0.2, 0.25) is 5.75 Å². The number of allylic oxidation sites excluding steroid dienone is 1. The minimum absolute atomic E-state index is 0.0323. The van der Waals surface area contributed by atoms with Crippen molar-refractivity contribution in [2.75, 3.05) is 7.11 Å². The van der Waals surface area contributed by atoms with Crippen LogP contribution in [0.1, 0.15) is 17.0 Å². The SMILES string of the molecule is COc1cc(/C=C(\C#N)c2nc3ccccc3[nH]2)cc(Cl)c1Oc1ccc(C(F)(F)F)cc1[N+](=O)[O-]. The van der Waals surface area contributed by atoms with Crippen LogP contribution in [0.15, 0.2) is 54.6 Å². The molecule has 1 aromatic heterocycles. The van der Waals surface area contributed by atoms with Crippen molar-refractivity contribution in [3.63, 3.8) is 0 Å². The number of para-hydroxylation sites is 2. The molecule has 8 nitrogen and oxygen atoms in total. The van der Waals surface area contributed by atoms with Crippen molar-refractivity contribution < 1.29 is 27.6 Å². The van der Waals surface area contributed by atoms with Gasteiger partial charge in [-0.1, -0.05) is 23.7 Å². The summed E-state index contributed by atoms with van der Waals surface area (Å²) in [7, 11) is 1.29. The fourth-order valence-corrected chi connectivity index (χ4v) is 3.61. The number of fused-ring (bicyclic) bond motifs is 1. The molecule has 0 unspecified atom stereocenters. The van der Waals surface area contributed by atoms with Gasteiger partial charge in [0.25, 0.3) is 0 Å². The summed E-state index contributed by atoms with van der Waals surface area (Å²) in [4.78, 5) is 17.8. The molecule has 0 amide bonds. The van der Waals surface area contributed by atoms with Crippen molar-refractivity contribution in [1.29, 1.82) is 5.26 Å². The Balaban J connectivity index is 1.73. The highest BCUT2D eigenvalue weighted by molar-refractivity contribution is 6.32. The molecule has 0 saturated heterocycles. The lowest BCUT2D eigenvalue weighted by Gasteiger charge is -2.14. The number of hydrogen-bond acceptors (Lipinski definition) is 6. The minimum Gasteiger partial charge on any atom is -0.493 e. The first-order chi connectivity index (χ1) is 17.1. The van der Waals surface area contributed by atoms with Crippen LogP contribution in [0.2, 0.25) is 5.02 Å². The van der Waals surface area contributed by atoms with E-state index in [-0.39, 0.29) is 22.1 Å². The summed E-state index contributed by atoms with van der Waals surface area (Å²) >= 11 is 6.35. The third-order valence-corrected chi connectivity index (χ3v) is 5.30. The largest absolute Gasteiger partial charge is 0.493 e. The Morgan fingerprint density at radius 2 is 1.94 bits per heavy atom. The van der Waals surface area contributed by atoms with Crippen LogP contribution in [0.4, 0.5) is 18.9 Å². The zero-order valence-corrected chi connectivity index (χ0v) is 19.0. The zero-order valence-electron chi connectivity index (χ0n) is 18.3. The predicted octanol–water partition coefficient (Wildman–Crippen LogP) is 7.01. The monoisotopic (exact) mass is 514 g/mol. The maximum Gasteiger partial charge on any atom is 0.416 e. The van der Waals surface area contributed by atoms with Crippen LogP contribution >= 0.6 is 11.6 Å². The van der Waals surface area contributed by atoms with E-state index in [1.54, 1.807) is 6.07 Å². The lowest BCUT2D eigenvalue weighted by Crippen LogP contribution is -2.06.